The van der Waals surface area contributed by atoms with Crippen molar-refractivity contribution < 1.29 is 14.7 Å². The van der Waals surface area contributed by atoms with Crippen molar-refractivity contribution in [3.8, 4) is 0 Å². The summed E-state index contributed by atoms with van der Waals surface area (Å²) in [5.74, 6) is -0.739. The maximum absolute atomic E-state index is 12.0. The van der Waals surface area contributed by atoms with Crippen LogP contribution in [0.4, 0.5) is 0 Å². The third-order valence-corrected chi connectivity index (χ3v) is 4.56. The molecule has 0 aromatic heterocycles. The van der Waals surface area contributed by atoms with Crippen LogP contribution in [0.2, 0.25) is 0 Å². The summed E-state index contributed by atoms with van der Waals surface area (Å²) in [4.78, 5) is 23.3. The molecule has 0 saturated heterocycles. The summed E-state index contributed by atoms with van der Waals surface area (Å²) in [6.45, 7) is 2.32. The van der Waals surface area contributed by atoms with Crippen molar-refractivity contribution in [1.29, 1.82) is 0 Å². The number of carbonyl (C=O) groups is 2. The van der Waals surface area contributed by atoms with Crippen LogP contribution in [0.25, 0.3) is 0 Å². The number of amides is 1. The molecular weight excluding hydrogens is 232 g/mol. The summed E-state index contributed by atoms with van der Waals surface area (Å²) in [6.07, 6.45) is 3.63. The van der Waals surface area contributed by atoms with E-state index in [1.54, 1.807) is 0 Å². The number of hydrogen-bond donors (Lipinski definition) is 3. The van der Waals surface area contributed by atoms with Gasteiger partial charge in [0.1, 0.15) is 0 Å². The third kappa shape index (κ3) is 2.36. The minimum absolute atomic E-state index is 0.0516. The highest BCUT2D eigenvalue weighted by Crippen LogP contribution is 2.48. The molecule has 0 aromatic carbocycles. The van der Waals surface area contributed by atoms with Crippen molar-refractivity contribution in [3.05, 3.63) is 0 Å². The first kappa shape index (κ1) is 13.3. The Balaban J connectivity index is 1.99. The van der Waals surface area contributed by atoms with Crippen molar-refractivity contribution in [3.63, 3.8) is 0 Å². The molecule has 18 heavy (non-hydrogen) atoms. The molecule has 0 aromatic rings. The molecule has 2 rings (SSSR count). The van der Waals surface area contributed by atoms with Gasteiger partial charge in [0, 0.05) is 12.0 Å². The fourth-order valence-corrected chi connectivity index (χ4v) is 3.54. The van der Waals surface area contributed by atoms with Gasteiger partial charge < -0.3 is 16.2 Å². The normalized spacial score (nSPS) is 35.4. The lowest BCUT2D eigenvalue weighted by Gasteiger charge is -2.29. The van der Waals surface area contributed by atoms with Gasteiger partial charge >= 0.3 is 5.97 Å². The summed E-state index contributed by atoms with van der Waals surface area (Å²) >= 11 is 0. The lowest BCUT2D eigenvalue weighted by molar-refractivity contribution is -0.145. The molecule has 0 heterocycles. The maximum Gasteiger partial charge on any atom is 0.308 e. The van der Waals surface area contributed by atoms with E-state index >= 15 is 0 Å². The minimum Gasteiger partial charge on any atom is -0.481 e. The van der Waals surface area contributed by atoms with E-state index in [0.29, 0.717) is 18.9 Å². The molecule has 5 heteroatoms. The summed E-state index contributed by atoms with van der Waals surface area (Å²) < 4.78 is 0. The zero-order valence-corrected chi connectivity index (χ0v) is 10.8. The SMILES string of the molecule is CC(CCN)C(=O)NC1C2CCC(C2)C1C(=O)O. The van der Waals surface area contributed by atoms with Gasteiger partial charge in [-0.3, -0.25) is 9.59 Å². The van der Waals surface area contributed by atoms with Gasteiger partial charge in [-0.1, -0.05) is 6.92 Å². The Hall–Kier alpha value is -1.10. The number of nitrogens with one attached hydrogen (secondary N) is 1. The first-order valence-corrected chi connectivity index (χ1v) is 6.77. The highest BCUT2D eigenvalue weighted by atomic mass is 16.4. The van der Waals surface area contributed by atoms with E-state index in [1.165, 1.54) is 0 Å². The Labute approximate surface area is 107 Å². The Morgan fingerprint density at radius 1 is 1.39 bits per heavy atom. The van der Waals surface area contributed by atoms with E-state index in [9.17, 15) is 14.7 Å². The van der Waals surface area contributed by atoms with Crippen LogP contribution in [-0.2, 0) is 9.59 Å². The molecule has 2 saturated carbocycles. The lowest BCUT2D eigenvalue weighted by Crippen LogP contribution is -2.48. The van der Waals surface area contributed by atoms with E-state index in [2.05, 4.69) is 5.32 Å². The van der Waals surface area contributed by atoms with Gasteiger partial charge in [0.15, 0.2) is 0 Å². The van der Waals surface area contributed by atoms with E-state index in [-0.39, 0.29) is 23.8 Å². The molecule has 4 N–H and O–H groups in total. The van der Waals surface area contributed by atoms with Gasteiger partial charge in [-0.05, 0) is 44.1 Å². The first-order valence-electron chi connectivity index (χ1n) is 6.77. The standard InChI is InChI=1S/C13H22N2O3/c1-7(4-5-14)12(16)15-11-9-3-2-8(6-9)10(11)13(17)18/h7-11H,2-6,14H2,1H3,(H,15,16)(H,17,18). The lowest BCUT2D eigenvalue weighted by atomic mass is 9.84. The van der Waals surface area contributed by atoms with Crippen LogP contribution in [0, 0.1) is 23.7 Å². The van der Waals surface area contributed by atoms with Crippen LogP contribution < -0.4 is 11.1 Å². The predicted molar refractivity (Wildman–Crippen MR) is 66.7 cm³/mol. The highest BCUT2D eigenvalue weighted by Gasteiger charge is 2.51. The molecule has 0 aliphatic heterocycles. The highest BCUT2D eigenvalue weighted by molar-refractivity contribution is 5.80. The van der Waals surface area contributed by atoms with Crippen LogP contribution in [0.3, 0.4) is 0 Å². The fraction of sp³-hybridized carbons (Fsp3) is 0.846. The molecule has 5 nitrogen and oxygen atoms in total. The summed E-state index contributed by atoms with van der Waals surface area (Å²) in [7, 11) is 0. The molecule has 2 aliphatic carbocycles. The zero-order chi connectivity index (χ0) is 13.3. The Bertz CT molecular complexity index is 345. The first-order chi connectivity index (χ1) is 8.54. The van der Waals surface area contributed by atoms with E-state index in [4.69, 9.17) is 5.73 Å². The maximum atomic E-state index is 12.0. The number of nitrogens with two attached hydrogens (primary N) is 1. The monoisotopic (exact) mass is 254 g/mol. The zero-order valence-electron chi connectivity index (χ0n) is 10.8. The summed E-state index contributed by atoms with van der Waals surface area (Å²) in [5.41, 5.74) is 5.44. The number of carboxylic acids is 1. The average Bonchev–Trinajstić information content (AvgIpc) is 2.89. The van der Waals surface area contributed by atoms with Crippen LogP contribution in [0.5, 0.6) is 0 Å². The van der Waals surface area contributed by atoms with Crippen LogP contribution >= 0.6 is 0 Å². The van der Waals surface area contributed by atoms with Crippen LogP contribution in [0.1, 0.15) is 32.6 Å². The Morgan fingerprint density at radius 2 is 2.06 bits per heavy atom. The van der Waals surface area contributed by atoms with Crippen molar-refractivity contribution in [2.75, 3.05) is 6.54 Å². The van der Waals surface area contributed by atoms with Gasteiger partial charge in [0.2, 0.25) is 5.91 Å². The number of fused-ring (bicyclic) bond motifs is 2. The van der Waals surface area contributed by atoms with Gasteiger partial charge in [-0.2, -0.15) is 0 Å². The van der Waals surface area contributed by atoms with Gasteiger partial charge in [0.25, 0.3) is 0 Å². The molecule has 1 amide bonds. The topological polar surface area (TPSA) is 92.4 Å². The molecular formula is C13H22N2O3. The van der Waals surface area contributed by atoms with Gasteiger partial charge in [-0.15, -0.1) is 0 Å². The molecule has 0 spiro atoms. The van der Waals surface area contributed by atoms with E-state index in [1.807, 2.05) is 6.92 Å². The number of hydrogen-bond acceptors (Lipinski definition) is 3. The molecule has 102 valence electrons. The van der Waals surface area contributed by atoms with Crippen LogP contribution in [0.15, 0.2) is 0 Å². The number of carboxylic acid groups (broad SMARTS) is 1. The second-order valence-electron chi connectivity index (χ2n) is 5.71. The number of carbonyl (C=O) groups excluding carboxylic acids is 1. The van der Waals surface area contributed by atoms with Crippen molar-refractivity contribution in [1.82, 2.24) is 5.32 Å². The van der Waals surface area contributed by atoms with Gasteiger partial charge in [-0.25, -0.2) is 0 Å². The average molecular weight is 254 g/mol. The van der Waals surface area contributed by atoms with E-state index < -0.39 is 11.9 Å². The van der Waals surface area contributed by atoms with Crippen LogP contribution in [-0.4, -0.2) is 29.6 Å². The van der Waals surface area contributed by atoms with Crippen molar-refractivity contribution in [2.24, 2.45) is 29.4 Å². The quantitative estimate of drug-likeness (QED) is 0.669. The predicted octanol–water partition coefficient (Wildman–Crippen LogP) is 0.587. The molecule has 2 fully saturated rings. The van der Waals surface area contributed by atoms with Gasteiger partial charge in [0.05, 0.1) is 5.92 Å². The second kappa shape index (κ2) is 5.26. The third-order valence-electron chi connectivity index (χ3n) is 4.56. The Kier molecular flexibility index (Phi) is 3.90. The smallest absolute Gasteiger partial charge is 0.308 e. The Morgan fingerprint density at radius 3 is 2.67 bits per heavy atom. The summed E-state index contributed by atoms with van der Waals surface area (Å²) in [5, 5.41) is 12.2. The van der Waals surface area contributed by atoms with Crippen molar-refractivity contribution in [2.45, 2.75) is 38.6 Å². The molecule has 5 atom stereocenters. The van der Waals surface area contributed by atoms with Crippen molar-refractivity contribution >= 4 is 11.9 Å². The second-order valence-corrected chi connectivity index (χ2v) is 5.71. The largest absolute Gasteiger partial charge is 0.481 e. The molecule has 5 unspecified atom stereocenters. The summed E-state index contributed by atoms with van der Waals surface area (Å²) in [6, 6.07) is -0.172. The van der Waals surface area contributed by atoms with E-state index in [0.717, 1.165) is 19.3 Å². The minimum atomic E-state index is -0.765. The molecule has 2 bridgehead atoms. The number of aliphatic carboxylic acids is 1. The number of rotatable bonds is 5. The molecule has 2 aliphatic rings. The fourth-order valence-electron chi connectivity index (χ4n) is 3.54. The molecule has 0 radical (unpaired) electrons.